The number of rotatable bonds is 12. The molecule has 0 amide bonds. The molecule has 4 aromatic rings. The lowest BCUT2D eigenvalue weighted by molar-refractivity contribution is -0.137. The molecule has 7 nitrogen and oxygen atoms in total. The zero-order valence-electron chi connectivity index (χ0n) is 23.6. The van der Waals surface area contributed by atoms with Gasteiger partial charge in [-0.1, -0.05) is 48.0 Å². The number of carbonyl (C=O) groups is 1. The molecule has 0 fully saturated rings. The van der Waals surface area contributed by atoms with Crippen LogP contribution in [0.15, 0.2) is 73.1 Å². The lowest BCUT2D eigenvalue weighted by Gasteiger charge is -2.20. The largest absolute Gasteiger partial charge is 0.488 e. The summed E-state index contributed by atoms with van der Waals surface area (Å²) in [5.74, 6) is -0.109. The molecule has 43 heavy (non-hydrogen) atoms. The molecule has 1 aliphatic rings. The number of ether oxygens (including phenoxy) is 2. The van der Waals surface area contributed by atoms with Crippen LogP contribution >= 0.6 is 11.6 Å². The summed E-state index contributed by atoms with van der Waals surface area (Å²) in [6, 6.07) is 19.9. The van der Waals surface area contributed by atoms with E-state index in [2.05, 4.69) is 16.4 Å². The van der Waals surface area contributed by atoms with E-state index >= 15 is 0 Å². The molecule has 0 aliphatic heterocycles. The van der Waals surface area contributed by atoms with E-state index in [9.17, 15) is 14.4 Å². The Balaban J connectivity index is 1.40. The van der Waals surface area contributed by atoms with Crippen LogP contribution in [0.5, 0.6) is 11.5 Å². The van der Waals surface area contributed by atoms with Crippen molar-refractivity contribution in [1.82, 2.24) is 10.3 Å². The number of nitrogens with one attached hydrogen (secondary N) is 1. The van der Waals surface area contributed by atoms with Gasteiger partial charge in [-0.25, -0.2) is 4.39 Å². The Morgan fingerprint density at radius 1 is 1.16 bits per heavy atom. The van der Waals surface area contributed by atoms with Crippen LogP contribution in [0.3, 0.4) is 0 Å². The summed E-state index contributed by atoms with van der Waals surface area (Å²) in [7, 11) is 0. The maximum absolute atomic E-state index is 14.6. The number of benzene rings is 3. The molecule has 0 saturated heterocycles. The number of hydrogen-bond acceptors (Lipinski definition) is 6. The molecular weight excluding hydrogens is 569 g/mol. The second-order valence-electron chi connectivity index (χ2n) is 10.6. The third-order valence-corrected chi connectivity index (χ3v) is 7.81. The van der Waals surface area contributed by atoms with Crippen molar-refractivity contribution in [2.45, 2.75) is 57.9 Å². The molecule has 0 saturated carbocycles. The third kappa shape index (κ3) is 7.31. The SMILES string of the molecule is C[C@H](CCC(=O)O)NCc1cc(Cl)c(O[C@H]2CCc3c(-c4ccccc4F)cccc32)cc1OCc1cncc(C#N)c1. The fourth-order valence-electron chi connectivity index (χ4n) is 5.28. The standard InChI is InChI=1S/C34H31ClFN3O4/c1-21(9-12-34(40)41)39-19-24-14-29(35)33(15-32(24)42-20-23-13-22(16-37)17-38-18-23)43-31-11-10-26-25(6-4-7-28(26)31)27-5-2-3-8-30(27)36/h2-8,13-15,17-18,21,31,39H,9-12,19-20H2,1H3,(H,40,41)/t21-,31+/m1/s1. The van der Waals surface area contributed by atoms with E-state index in [1.54, 1.807) is 36.5 Å². The van der Waals surface area contributed by atoms with Gasteiger partial charge in [0.25, 0.3) is 0 Å². The van der Waals surface area contributed by atoms with Gasteiger partial charge in [-0.15, -0.1) is 0 Å². The van der Waals surface area contributed by atoms with Gasteiger partial charge in [-0.2, -0.15) is 5.26 Å². The van der Waals surface area contributed by atoms with E-state index in [1.807, 2.05) is 31.2 Å². The van der Waals surface area contributed by atoms with Crippen LogP contribution in [0.25, 0.3) is 11.1 Å². The van der Waals surface area contributed by atoms with Gasteiger partial charge >= 0.3 is 5.97 Å². The first-order valence-corrected chi connectivity index (χ1v) is 14.5. The maximum atomic E-state index is 14.6. The molecule has 2 atom stereocenters. The van der Waals surface area contributed by atoms with Crippen LogP contribution in [-0.4, -0.2) is 22.1 Å². The molecule has 0 radical (unpaired) electrons. The van der Waals surface area contributed by atoms with E-state index in [4.69, 9.17) is 26.2 Å². The quantitative estimate of drug-likeness (QED) is 0.175. The smallest absolute Gasteiger partial charge is 0.303 e. The number of carboxylic acid groups (broad SMARTS) is 1. The Morgan fingerprint density at radius 2 is 1.98 bits per heavy atom. The Bertz CT molecular complexity index is 1670. The molecule has 2 N–H and O–H groups in total. The van der Waals surface area contributed by atoms with E-state index in [0.29, 0.717) is 47.0 Å². The van der Waals surface area contributed by atoms with Crippen LogP contribution in [0.1, 0.15) is 60.1 Å². The van der Waals surface area contributed by atoms with Gasteiger partial charge in [0.05, 0.1) is 10.6 Å². The number of nitrogens with zero attached hydrogens (tertiary/aromatic N) is 2. The number of aromatic nitrogens is 1. The molecule has 1 aromatic heterocycles. The molecule has 1 aliphatic carbocycles. The molecule has 9 heteroatoms. The number of halogens is 2. The monoisotopic (exact) mass is 599 g/mol. The highest BCUT2D eigenvalue weighted by Gasteiger charge is 2.28. The number of hydrogen-bond donors (Lipinski definition) is 2. The van der Waals surface area contributed by atoms with Crippen molar-refractivity contribution in [3.63, 3.8) is 0 Å². The number of nitriles is 1. The second-order valence-corrected chi connectivity index (χ2v) is 11.0. The predicted octanol–water partition coefficient (Wildman–Crippen LogP) is 7.40. The molecule has 0 bridgehead atoms. The Kier molecular flexibility index (Phi) is 9.55. The summed E-state index contributed by atoms with van der Waals surface area (Å²) in [6.07, 6.45) is 4.85. The molecule has 5 rings (SSSR count). The lowest BCUT2D eigenvalue weighted by atomic mass is 9.96. The van der Waals surface area contributed by atoms with Crippen molar-refractivity contribution in [2.24, 2.45) is 0 Å². The van der Waals surface area contributed by atoms with E-state index < -0.39 is 5.97 Å². The van der Waals surface area contributed by atoms with Crippen molar-refractivity contribution in [3.8, 4) is 28.7 Å². The van der Waals surface area contributed by atoms with Crippen molar-refractivity contribution in [1.29, 1.82) is 5.26 Å². The molecule has 1 heterocycles. The fraction of sp³-hybridized carbons (Fsp3) is 0.265. The first-order valence-electron chi connectivity index (χ1n) is 14.1. The minimum absolute atomic E-state index is 0.0474. The normalized spacial score (nSPS) is 14.5. The zero-order valence-corrected chi connectivity index (χ0v) is 24.4. The highest BCUT2D eigenvalue weighted by atomic mass is 35.5. The third-order valence-electron chi connectivity index (χ3n) is 7.51. The Labute approximate surface area is 254 Å². The molecule has 220 valence electrons. The summed E-state index contributed by atoms with van der Waals surface area (Å²) < 4.78 is 27.3. The summed E-state index contributed by atoms with van der Waals surface area (Å²) in [4.78, 5) is 15.1. The number of carboxylic acids is 1. The van der Waals surface area contributed by atoms with Crippen LogP contribution in [-0.2, 0) is 24.4 Å². The first-order chi connectivity index (χ1) is 20.8. The number of fused-ring (bicyclic) bond motifs is 1. The van der Waals surface area contributed by atoms with Crippen molar-refractivity contribution >= 4 is 17.6 Å². The number of pyridine rings is 1. The van der Waals surface area contributed by atoms with Crippen molar-refractivity contribution in [3.05, 3.63) is 112 Å². The van der Waals surface area contributed by atoms with Crippen molar-refractivity contribution < 1.29 is 23.8 Å². The Hall–Kier alpha value is -4.45. The number of aliphatic carboxylic acids is 1. The maximum Gasteiger partial charge on any atom is 0.303 e. The highest BCUT2D eigenvalue weighted by molar-refractivity contribution is 6.32. The molecular formula is C34H31ClFN3O4. The van der Waals surface area contributed by atoms with Crippen LogP contribution in [0.4, 0.5) is 4.39 Å². The zero-order chi connectivity index (χ0) is 30.3. The van der Waals surface area contributed by atoms with Gasteiger partial charge in [0.15, 0.2) is 0 Å². The van der Waals surface area contributed by atoms with Gasteiger partial charge in [-0.3, -0.25) is 9.78 Å². The van der Waals surface area contributed by atoms with Gasteiger partial charge in [-0.05, 0) is 61.1 Å². The topological polar surface area (TPSA) is 104 Å². The summed E-state index contributed by atoms with van der Waals surface area (Å²) in [5.41, 5.74) is 5.43. The average molecular weight is 600 g/mol. The van der Waals surface area contributed by atoms with Crippen LogP contribution in [0, 0.1) is 17.1 Å². The van der Waals surface area contributed by atoms with E-state index in [1.165, 1.54) is 12.3 Å². The summed E-state index contributed by atoms with van der Waals surface area (Å²) >= 11 is 6.75. The molecule has 0 spiro atoms. The molecule has 0 unspecified atom stereocenters. The van der Waals surface area contributed by atoms with Gasteiger partial charge in [0.1, 0.15) is 36.1 Å². The minimum Gasteiger partial charge on any atom is -0.488 e. The summed E-state index contributed by atoms with van der Waals surface area (Å²) in [5, 5.41) is 22.0. The van der Waals surface area contributed by atoms with Crippen LogP contribution < -0.4 is 14.8 Å². The predicted molar refractivity (Wildman–Crippen MR) is 161 cm³/mol. The van der Waals surface area contributed by atoms with Crippen LogP contribution in [0.2, 0.25) is 5.02 Å². The second kappa shape index (κ2) is 13.7. The first kappa shape index (κ1) is 30.0. The minimum atomic E-state index is -0.843. The highest BCUT2D eigenvalue weighted by Crippen LogP contribution is 2.43. The van der Waals surface area contributed by atoms with Crippen molar-refractivity contribution in [2.75, 3.05) is 0 Å². The van der Waals surface area contributed by atoms with Gasteiger partial charge < -0.3 is 19.9 Å². The average Bonchev–Trinajstić information content (AvgIpc) is 3.42. The van der Waals surface area contributed by atoms with Gasteiger partial charge in [0.2, 0.25) is 0 Å². The lowest BCUT2D eigenvalue weighted by Crippen LogP contribution is -2.26. The molecule has 3 aromatic carbocycles. The van der Waals surface area contributed by atoms with Gasteiger partial charge in [0, 0.05) is 54.2 Å². The Morgan fingerprint density at radius 3 is 2.77 bits per heavy atom. The fourth-order valence-corrected chi connectivity index (χ4v) is 5.51. The van der Waals surface area contributed by atoms with E-state index in [-0.39, 0.29) is 31.0 Å². The summed E-state index contributed by atoms with van der Waals surface area (Å²) in [6.45, 7) is 2.49. The van der Waals surface area contributed by atoms with E-state index in [0.717, 1.165) is 34.2 Å².